The summed E-state index contributed by atoms with van der Waals surface area (Å²) in [5.41, 5.74) is 7.95. The molecule has 4 atom stereocenters. The van der Waals surface area contributed by atoms with E-state index in [1.54, 1.807) is 11.1 Å². The van der Waals surface area contributed by atoms with E-state index in [0.29, 0.717) is 11.3 Å². The molecule has 1 fully saturated rings. The molecule has 0 radical (unpaired) electrons. The van der Waals surface area contributed by atoms with Gasteiger partial charge in [0.2, 0.25) is 0 Å². The van der Waals surface area contributed by atoms with Gasteiger partial charge in [-0.25, -0.2) is 0 Å². The molecule has 2 unspecified atom stereocenters. The van der Waals surface area contributed by atoms with Crippen LogP contribution >= 0.6 is 0 Å². The van der Waals surface area contributed by atoms with E-state index in [9.17, 15) is 0 Å². The fourth-order valence-corrected chi connectivity index (χ4v) is 5.52. The second kappa shape index (κ2) is 6.65. The van der Waals surface area contributed by atoms with Crippen molar-refractivity contribution < 1.29 is 0 Å². The summed E-state index contributed by atoms with van der Waals surface area (Å²) in [5, 5.41) is 0. The highest BCUT2D eigenvalue weighted by Crippen LogP contribution is 2.63. The molecule has 0 saturated heterocycles. The number of hydrogen-bond acceptors (Lipinski definition) is 1. The first-order valence-corrected chi connectivity index (χ1v) is 10.3. The number of aryl methyl sites for hydroxylation is 1. The highest BCUT2D eigenvalue weighted by Gasteiger charge is 2.54. The van der Waals surface area contributed by atoms with Crippen LogP contribution in [0.4, 0.5) is 5.69 Å². The SMILES string of the molecule is CC.CCCCc1cc2c3c(c1)N=C(C)[C@@H]1CC[C@@H](C)C(C)(C2)C31. The second-order valence-electron chi connectivity index (χ2n) is 8.29. The van der Waals surface area contributed by atoms with Crippen LogP contribution in [0, 0.1) is 17.3 Å². The number of benzene rings is 1. The normalized spacial score (nSPS) is 32.6. The van der Waals surface area contributed by atoms with Crippen LogP contribution in [0.15, 0.2) is 17.1 Å². The van der Waals surface area contributed by atoms with Gasteiger partial charge in [-0.15, -0.1) is 0 Å². The molecule has 1 aliphatic heterocycles. The lowest BCUT2D eigenvalue weighted by Crippen LogP contribution is -2.41. The topological polar surface area (TPSA) is 12.4 Å². The van der Waals surface area contributed by atoms with Crippen LogP contribution in [0.5, 0.6) is 0 Å². The van der Waals surface area contributed by atoms with Crippen LogP contribution in [0.2, 0.25) is 0 Å². The molecule has 1 saturated carbocycles. The average Bonchev–Trinajstić information content (AvgIpc) is 2.89. The van der Waals surface area contributed by atoms with E-state index < -0.39 is 0 Å². The Hall–Kier alpha value is -1.11. The Bertz CT molecular complexity index is 642. The molecule has 0 aromatic heterocycles. The first-order chi connectivity index (χ1) is 11.5. The number of unbranched alkanes of at least 4 members (excludes halogenated alkanes) is 1. The van der Waals surface area contributed by atoms with E-state index in [1.165, 1.54) is 55.5 Å². The van der Waals surface area contributed by atoms with Gasteiger partial charge < -0.3 is 0 Å². The summed E-state index contributed by atoms with van der Waals surface area (Å²) in [7, 11) is 0. The van der Waals surface area contributed by atoms with Crippen molar-refractivity contribution in [3.05, 3.63) is 28.8 Å². The minimum absolute atomic E-state index is 0.459. The van der Waals surface area contributed by atoms with E-state index in [1.807, 2.05) is 13.8 Å². The molecule has 24 heavy (non-hydrogen) atoms. The largest absolute Gasteiger partial charge is 0.258 e. The summed E-state index contributed by atoms with van der Waals surface area (Å²) in [4.78, 5) is 5.06. The van der Waals surface area contributed by atoms with E-state index in [2.05, 4.69) is 39.8 Å². The molecule has 2 aliphatic carbocycles. The highest BCUT2D eigenvalue weighted by atomic mass is 14.8. The van der Waals surface area contributed by atoms with Gasteiger partial charge >= 0.3 is 0 Å². The summed E-state index contributed by atoms with van der Waals surface area (Å²) >= 11 is 0. The smallest absolute Gasteiger partial charge is 0.0669 e. The zero-order valence-electron chi connectivity index (χ0n) is 16.6. The lowest BCUT2D eigenvalue weighted by molar-refractivity contribution is 0.0919. The standard InChI is InChI=1S/C21H29N.C2H6/c1-5-6-7-15-10-16-12-21(4)13(2)8-9-17-14(3)22-18(11-15)19(16)20(17)21;1-2/h10-11,13,17,20H,5-9,12H2,1-4H3;1-2H3/t13-,17+,20?,21?;/m1./s1. The summed E-state index contributed by atoms with van der Waals surface area (Å²) in [6, 6.07) is 4.93. The zero-order valence-corrected chi connectivity index (χ0v) is 16.6. The van der Waals surface area contributed by atoms with E-state index in [-0.39, 0.29) is 0 Å². The van der Waals surface area contributed by atoms with Crippen molar-refractivity contribution in [1.82, 2.24) is 0 Å². The van der Waals surface area contributed by atoms with Crippen molar-refractivity contribution in [1.29, 1.82) is 0 Å². The van der Waals surface area contributed by atoms with Crippen molar-refractivity contribution in [3.63, 3.8) is 0 Å². The number of hydrogen-bond donors (Lipinski definition) is 0. The van der Waals surface area contributed by atoms with Crippen LogP contribution in [0.1, 0.15) is 89.8 Å². The molecule has 0 amide bonds. The maximum Gasteiger partial charge on any atom is 0.0669 e. The van der Waals surface area contributed by atoms with Crippen molar-refractivity contribution in [2.75, 3.05) is 0 Å². The molecule has 1 nitrogen and oxygen atoms in total. The Balaban J connectivity index is 0.000000815. The van der Waals surface area contributed by atoms with Crippen LogP contribution in [-0.4, -0.2) is 5.71 Å². The lowest BCUT2D eigenvalue weighted by atomic mass is 9.57. The Morgan fingerprint density at radius 1 is 1.21 bits per heavy atom. The van der Waals surface area contributed by atoms with E-state index in [0.717, 1.165) is 11.8 Å². The average molecular weight is 326 g/mol. The maximum atomic E-state index is 5.06. The molecule has 4 rings (SSSR count). The van der Waals surface area contributed by atoms with E-state index in [4.69, 9.17) is 4.99 Å². The Kier molecular flexibility index (Phi) is 4.91. The molecule has 1 aromatic carbocycles. The molecule has 0 spiro atoms. The maximum absolute atomic E-state index is 5.06. The third kappa shape index (κ3) is 2.55. The monoisotopic (exact) mass is 325 g/mol. The van der Waals surface area contributed by atoms with Crippen molar-refractivity contribution in [2.45, 2.75) is 86.0 Å². The van der Waals surface area contributed by atoms with Gasteiger partial charge in [0.1, 0.15) is 0 Å². The molecule has 132 valence electrons. The molecular formula is C23H35N. The number of nitrogens with zero attached hydrogens (tertiary/aromatic N) is 1. The van der Waals surface area contributed by atoms with E-state index >= 15 is 0 Å². The van der Waals surface area contributed by atoms with Crippen molar-refractivity contribution in [3.8, 4) is 0 Å². The molecule has 0 bridgehead atoms. The Morgan fingerprint density at radius 2 is 1.96 bits per heavy atom. The molecule has 1 heteroatoms. The van der Waals surface area contributed by atoms with Crippen LogP contribution in [0.3, 0.4) is 0 Å². The fourth-order valence-electron chi connectivity index (χ4n) is 5.52. The predicted octanol–water partition coefficient (Wildman–Crippen LogP) is 6.85. The third-order valence-corrected chi connectivity index (χ3v) is 6.99. The fraction of sp³-hybridized carbons (Fsp3) is 0.696. The van der Waals surface area contributed by atoms with Crippen LogP contribution in [-0.2, 0) is 12.8 Å². The molecule has 1 heterocycles. The molecular weight excluding hydrogens is 290 g/mol. The summed E-state index contributed by atoms with van der Waals surface area (Å²) in [6.07, 6.45) is 7.77. The Morgan fingerprint density at radius 3 is 2.67 bits per heavy atom. The van der Waals surface area contributed by atoms with Crippen molar-refractivity contribution >= 4 is 11.4 Å². The second-order valence-corrected chi connectivity index (χ2v) is 8.29. The number of aliphatic imine (C=N–C) groups is 1. The third-order valence-electron chi connectivity index (χ3n) is 6.99. The van der Waals surface area contributed by atoms with Gasteiger partial charge in [-0.3, -0.25) is 4.99 Å². The predicted molar refractivity (Wildman–Crippen MR) is 106 cm³/mol. The van der Waals surface area contributed by atoms with Gasteiger partial charge in [-0.1, -0.05) is 47.1 Å². The number of rotatable bonds is 3. The van der Waals surface area contributed by atoms with Crippen LogP contribution < -0.4 is 0 Å². The van der Waals surface area contributed by atoms with Crippen molar-refractivity contribution in [2.24, 2.45) is 22.2 Å². The molecule has 0 N–H and O–H groups in total. The molecule has 1 aromatic rings. The van der Waals surface area contributed by atoms with Gasteiger partial charge in [0.05, 0.1) is 5.69 Å². The first-order valence-electron chi connectivity index (χ1n) is 10.3. The summed E-state index contributed by atoms with van der Waals surface area (Å²) < 4.78 is 0. The lowest BCUT2D eigenvalue weighted by Gasteiger charge is -2.48. The van der Waals surface area contributed by atoms with Gasteiger partial charge in [0.15, 0.2) is 0 Å². The van der Waals surface area contributed by atoms with Gasteiger partial charge in [0.25, 0.3) is 0 Å². The highest BCUT2D eigenvalue weighted by molar-refractivity contribution is 5.91. The van der Waals surface area contributed by atoms with Gasteiger partial charge in [-0.2, -0.15) is 0 Å². The van der Waals surface area contributed by atoms with Crippen LogP contribution in [0.25, 0.3) is 0 Å². The quantitative estimate of drug-likeness (QED) is 0.576. The minimum atomic E-state index is 0.459. The summed E-state index contributed by atoms with van der Waals surface area (Å²) in [5.74, 6) is 2.27. The summed E-state index contributed by atoms with van der Waals surface area (Å²) in [6.45, 7) is 13.6. The Labute approximate surface area is 149 Å². The zero-order chi connectivity index (χ0) is 17.5. The molecule has 3 aliphatic rings. The van der Waals surface area contributed by atoms with Gasteiger partial charge in [0, 0.05) is 17.5 Å². The minimum Gasteiger partial charge on any atom is -0.258 e. The first kappa shape index (κ1) is 17.7. The van der Waals surface area contributed by atoms with Gasteiger partial charge in [-0.05, 0) is 73.1 Å².